The summed E-state index contributed by atoms with van der Waals surface area (Å²) in [6.07, 6.45) is 0.945. The molecular formula is C17H28N2O4. The van der Waals surface area contributed by atoms with Gasteiger partial charge in [0.15, 0.2) is 0 Å². The van der Waals surface area contributed by atoms with Gasteiger partial charge in [-0.3, -0.25) is 4.79 Å². The average Bonchev–Trinajstić information content (AvgIpc) is 2.50. The molecule has 0 aliphatic rings. The molecule has 0 aliphatic heterocycles. The first-order valence-electron chi connectivity index (χ1n) is 7.71. The zero-order valence-electron chi connectivity index (χ0n) is 14.6. The van der Waals surface area contributed by atoms with Crippen LogP contribution in [0.3, 0.4) is 0 Å². The molecule has 0 bridgehead atoms. The van der Waals surface area contributed by atoms with E-state index in [1.165, 1.54) is 16.7 Å². The van der Waals surface area contributed by atoms with E-state index in [1.54, 1.807) is 0 Å². The van der Waals surface area contributed by atoms with Crippen LogP contribution in [0.2, 0.25) is 0 Å². The Bertz CT molecular complexity index is 530. The van der Waals surface area contributed by atoms with Crippen LogP contribution in [0.15, 0.2) is 12.1 Å². The van der Waals surface area contributed by atoms with E-state index in [-0.39, 0.29) is 18.6 Å². The first kappa shape index (κ1) is 20.9. The number of rotatable bonds is 6. The number of hydrogen-bond donors (Lipinski definition) is 3. The fourth-order valence-electron chi connectivity index (χ4n) is 2.08. The number of aryl methyl sites for hydroxylation is 3. The molecule has 1 aromatic carbocycles. The van der Waals surface area contributed by atoms with E-state index in [0.29, 0.717) is 6.61 Å². The molecule has 0 heterocycles. The Balaban J connectivity index is 0.000000841. The maximum absolute atomic E-state index is 11.6. The molecule has 0 saturated carbocycles. The predicted octanol–water partition coefficient (Wildman–Crippen LogP) is 2.26. The van der Waals surface area contributed by atoms with E-state index in [0.717, 1.165) is 12.1 Å². The summed E-state index contributed by atoms with van der Waals surface area (Å²) in [7, 11) is 0. The number of carboxylic acids is 1. The number of carbonyl (C=O) groups is 2. The highest BCUT2D eigenvalue weighted by molar-refractivity contribution is 5.79. The number of ether oxygens (including phenoxy) is 1. The van der Waals surface area contributed by atoms with Crippen LogP contribution >= 0.6 is 0 Å². The van der Waals surface area contributed by atoms with Gasteiger partial charge in [-0.1, -0.05) is 24.6 Å². The molecule has 0 radical (unpaired) electrons. The first-order valence-corrected chi connectivity index (χ1v) is 7.71. The van der Waals surface area contributed by atoms with Crippen molar-refractivity contribution in [3.05, 3.63) is 28.8 Å². The van der Waals surface area contributed by atoms with Crippen molar-refractivity contribution in [2.75, 3.05) is 18.5 Å². The standard InChI is InChI=1S/C15H23NO2.C2H5NO2/c1-6-13-9-10(3)8-11(4)14(13)16-12(5)15(17)18-7-2;3-1-2(4)5/h8-9,12,16H,6-7H2,1-5H3;1,3H2,(H,4,5)/t12-;/m0./s1. The highest BCUT2D eigenvalue weighted by Gasteiger charge is 2.16. The molecule has 23 heavy (non-hydrogen) atoms. The molecule has 1 atom stereocenters. The van der Waals surface area contributed by atoms with Gasteiger partial charge >= 0.3 is 11.9 Å². The second kappa shape index (κ2) is 10.6. The third-order valence-corrected chi connectivity index (χ3v) is 3.12. The molecule has 0 aromatic heterocycles. The van der Waals surface area contributed by atoms with Crippen molar-refractivity contribution in [3.63, 3.8) is 0 Å². The number of benzene rings is 1. The van der Waals surface area contributed by atoms with E-state index in [1.807, 2.05) is 13.8 Å². The van der Waals surface area contributed by atoms with Gasteiger partial charge < -0.3 is 20.9 Å². The van der Waals surface area contributed by atoms with Gasteiger partial charge in [0, 0.05) is 5.69 Å². The number of carbonyl (C=O) groups excluding carboxylic acids is 1. The van der Waals surface area contributed by atoms with Crippen LogP contribution in [0.25, 0.3) is 0 Å². The van der Waals surface area contributed by atoms with Gasteiger partial charge in [-0.15, -0.1) is 0 Å². The van der Waals surface area contributed by atoms with E-state index in [2.05, 4.69) is 44.0 Å². The first-order chi connectivity index (χ1) is 10.8. The minimum atomic E-state index is -0.968. The Hall–Kier alpha value is -2.08. The van der Waals surface area contributed by atoms with Crippen LogP contribution in [0.4, 0.5) is 5.69 Å². The summed E-state index contributed by atoms with van der Waals surface area (Å²) in [5.74, 6) is -1.18. The lowest BCUT2D eigenvalue weighted by molar-refractivity contribution is -0.143. The van der Waals surface area contributed by atoms with Crippen molar-refractivity contribution < 1.29 is 19.4 Å². The molecule has 0 aliphatic carbocycles. The number of nitrogens with one attached hydrogen (secondary N) is 1. The van der Waals surface area contributed by atoms with Crippen LogP contribution in [-0.2, 0) is 20.7 Å². The molecule has 0 amide bonds. The minimum Gasteiger partial charge on any atom is -0.480 e. The number of esters is 1. The minimum absolute atomic E-state index is 0.209. The fourth-order valence-corrected chi connectivity index (χ4v) is 2.08. The third kappa shape index (κ3) is 7.65. The van der Waals surface area contributed by atoms with Crippen LogP contribution in [0.1, 0.15) is 37.5 Å². The number of nitrogens with two attached hydrogens (primary N) is 1. The van der Waals surface area contributed by atoms with E-state index < -0.39 is 5.97 Å². The molecule has 6 heteroatoms. The summed E-state index contributed by atoms with van der Waals surface area (Å²) in [6, 6.07) is 3.96. The Kier molecular flexibility index (Phi) is 9.65. The Morgan fingerprint density at radius 1 is 1.30 bits per heavy atom. The predicted molar refractivity (Wildman–Crippen MR) is 91.7 cm³/mol. The summed E-state index contributed by atoms with van der Waals surface area (Å²) in [6.45, 7) is 10.1. The van der Waals surface area contributed by atoms with Gasteiger partial charge in [-0.25, -0.2) is 4.79 Å². The van der Waals surface area contributed by atoms with E-state index in [9.17, 15) is 9.59 Å². The Labute approximate surface area is 138 Å². The number of aliphatic carboxylic acids is 1. The van der Waals surface area contributed by atoms with Crippen molar-refractivity contribution in [2.24, 2.45) is 5.73 Å². The van der Waals surface area contributed by atoms with Gasteiger partial charge in [0.1, 0.15) is 6.04 Å². The second-order valence-corrected chi connectivity index (χ2v) is 5.19. The second-order valence-electron chi connectivity index (χ2n) is 5.19. The average molecular weight is 324 g/mol. The zero-order valence-corrected chi connectivity index (χ0v) is 14.6. The van der Waals surface area contributed by atoms with Crippen molar-refractivity contribution in [1.29, 1.82) is 0 Å². The number of anilines is 1. The molecule has 1 rings (SSSR count). The topological polar surface area (TPSA) is 102 Å². The number of hydrogen-bond acceptors (Lipinski definition) is 5. The highest BCUT2D eigenvalue weighted by Crippen LogP contribution is 2.24. The van der Waals surface area contributed by atoms with E-state index in [4.69, 9.17) is 9.84 Å². The van der Waals surface area contributed by atoms with Gasteiger partial charge in [-0.05, 0) is 45.2 Å². The maximum atomic E-state index is 11.6. The maximum Gasteiger partial charge on any atom is 0.328 e. The fraction of sp³-hybridized carbons (Fsp3) is 0.529. The van der Waals surface area contributed by atoms with Gasteiger partial charge in [-0.2, -0.15) is 0 Å². The molecule has 0 unspecified atom stereocenters. The number of carboxylic acid groups (broad SMARTS) is 1. The molecule has 0 fully saturated rings. The summed E-state index contributed by atoms with van der Waals surface area (Å²) in [4.78, 5) is 20.9. The Morgan fingerprint density at radius 3 is 2.30 bits per heavy atom. The van der Waals surface area contributed by atoms with Gasteiger partial charge in [0.05, 0.1) is 13.2 Å². The highest BCUT2D eigenvalue weighted by atomic mass is 16.5. The van der Waals surface area contributed by atoms with Crippen molar-refractivity contribution in [1.82, 2.24) is 0 Å². The molecule has 0 saturated heterocycles. The van der Waals surface area contributed by atoms with E-state index >= 15 is 0 Å². The molecule has 6 nitrogen and oxygen atoms in total. The quantitative estimate of drug-likeness (QED) is 0.694. The summed E-state index contributed by atoms with van der Waals surface area (Å²) >= 11 is 0. The SMILES string of the molecule is CCOC(=O)[C@H](C)Nc1c(C)cc(C)cc1CC.NCC(=O)O. The van der Waals surface area contributed by atoms with Crippen LogP contribution < -0.4 is 11.1 Å². The zero-order chi connectivity index (χ0) is 18.0. The Morgan fingerprint density at radius 2 is 1.87 bits per heavy atom. The van der Waals surface area contributed by atoms with Crippen LogP contribution in [-0.4, -0.2) is 36.2 Å². The lowest BCUT2D eigenvalue weighted by Gasteiger charge is -2.19. The lowest BCUT2D eigenvalue weighted by Crippen LogP contribution is -2.29. The summed E-state index contributed by atoms with van der Waals surface area (Å²) < 4.78 is 5.01. The molecule has 130 valence electrons. The smallest absolute Gasteiger partial charge is 0.328 e. The molecule has 0 spiro atoms. The normalized spacial score (nSPS) is 11.0. The summed E-state index contributed by atoms with van der Waals surface area (Å²) in [5, 5.41) is 10.9. The monoisotopic (exact) mass is 324 g/mol. The largest absolute Gasteiger partial charge is 0.480 e. The van der Waals surface area contributed by atoms with Crippen molar-refractivity contribution >= 4 is 17.6 Å². The van der Waals surface area contributed by atoms with Crippen LogP contribution in [0.5, 0.6) is 0 Å². The van der Waals surface area contributed by atoms with Crippen molar-refractivity contribution in [2.45, 2.75) is 47.1 Å². The summed E-state index contributed by atoms with van der Waals surface area (Å²) in [5.41, 5.74) is 9.29. The van der Waals surface area contributed by atoms with Crippen LogP contribution in [0, 0.1) is 13.8 Å². The van der Waals surface area contributed by atoms with Gasteiger partial charge in [0.25, 0.3) is 0 Å². The molecule has 4 N–H and O–H groups in total. The van der Waals surface area contributed by atoms with Crippen molar-refractivity contribution in [3.8, 4) is 0 Å². The lowest BCUT2D eigenvalue weighted by atomic mass is 10.0. The van der Waals surface area contributed by atoms with Gasteiger partial charge in [0.2, 0.25) is 0 Å². The molecule has 1 aromatic rings. The molecular weight excluding hydrogens is 296 g/mol. The third-order valence-electron chi connectivity index (χ3n) is 3.12.